The number of hydrogen-bond donors (Lipinski definition) is 0. The number of nitrogens with zero attached hydrogens (tertiary/aromatic N) is 1. The highest BCUT2D eigenvalue weighted by Crippen LogP contribution is 2.30. The van der Waals surface area contributed by atoms with Crippen molar-refractivity contribution in [2.75, 3.05) is 19.0 Å². The Balaban J connectivity index is 2.50. The molecular formula is C14H17NS. The SMILES string of the molecule is CC(C)=Cc1cc2cc(N(C)C)ccc2s1. The van der Waals surface area contributed by atoms with E-state index in [4.69, 9.17) is 0 Å². The highest BCUT2D eigenvalue weighted by atomic mass is 32.1. The second-order valence-corrected chi connectivity index (χ2v) is 5.60. The fourth-order valence-corrected chi connectivity index (χ4v) is 2.79. The largest absolute Gasteiger partial charge is 0.378 e. The normalized spacial score (nSPS) is 10.5. The number of benzene rings is 1. The van der Waals surface area contributed by atoms with Gasteiger partial charge in [-0.25, -0.2) is 0 Å². The van der Waals surface area contributed by atoms with Gasteiger partial charge in [0.1, 0.15) is 0 Å². The van der Waals surface area contributed by atoms with Crippen LogP contribution in [0, 0.1) is 0 Å². The molecular weight excluding hydrogens is 214 g/mol. The first-order chi connectivity index (χ1) is 7.56. The van der Waals surface area contributed by atoms with Crippen LogP contribution >= 0.6 is 11.3 Å². The number of fused-ring (bicyclic) bond motifs is 1. The predicted molar refractivity (Wildman–Crippen MR) is 75.5 cm³/mol. The maximum Gasteiger partial charge on any atom is 0.0368 e. The summed E-state index contributed by atoms with van der Waals surface area (Å²) < 4.78 is 1.36. The van der Waals surface area contributed by atoms with Gasteiger partial charge in [0, 0.05) is 29.4 Å². The molecule has 0 fully saturated rings. The van der Waals surface area contributed by atoms with E-state index in [1.54, 1.807) is 0 Å². The number of thiophene rings is 1. The molecule has 0 aliphatic heterocycles. The molecule has 0 bridgehead atoms. The second kappa shape index (κ2) is 4.30. The molecule has 1 nitrogen and oxygen atoms in total. The molecule has 2 rings (SSSR count). The minimum Gasteiger partial charge on any atom is -0.378 e. The Labute approximate surface area is 101 Å². The van der Waals surface area contributed by atoms with Crippen molar-refractivity contribution in [2.45, 2.75) is 13.8 Å². The fraction of sp³-hybridized carbons (Fsp3) is 0.286. The predicted octanol–water partition coefficient (Wildman–Crippen LogP) is 4.39. The zero-order valence-corrected chi connectivity index (χ0v) is 11.1. The van der Waals surface area contributed by atoms with Crippen molar-refractivity contribution in [1.82, 2.24) is 0 Å². The summed E-state index contributed by atoms with van der Waals surface area (Å²) in [5.41, 5.74) is 2.61. The molecule has 0 saturated carbocycles. The van der Waals surface area contributed by atoms with Gasteiger partial charge in [0.15, 0.2) is 0 Å². The summed E-state index contributed by atoms with van der Waals surface area (Å²) in [5, 5.41) is 1.34. The molecule has 0 radical (unpaired) electrons. The van der Waals surface area contributed by atoms with Crippen LogP contribution in [-0.2, 0) is 0 Å². The Morgan fingerprint density at radius 2 is 1.94 bits per heavy atom. The molecule has 84 valence electrons. The van der Waals surface area contributed by atoms with Crippen molar-refractivity contribution in [2.24, 2.45) is 0 Å². The summed E-state index contributed by atoms with van der Waals surface area (Å²) in [7, 11) is 4.15. The van der Waals surface area contributed by atoms with E-state index in [0.29, 0.717) is 0 Å². The number of allylic oxidation sites excluding steroid dienone is 1. The van der Waals surface area contributed by atoms with Gasteiger partial charge in [-0.2, -0.15) is 0 Å². The number of anilines is 1. The Morgan fingerprint density at radius 1 is 1.19 bits per heavy atom. The smallest absolute Gasteiger partial charge is 0.0368 e. The van der Waals surface area contributed by atoms with Crippen LogP contribution in [-0.4, -0.2) is 14.1 Å². The van der Waals surface area contributed by atoms with Crippen molar-refractivity contribution in [3.8, 4) is 0 Å². The summed E-state index contributed by atoms with van der Waals surface area (Å²) in [5.74, 6) is 0. The topological polar surface area (TPSA) is 3.24 Å². The maximum atomic E-state index is 2.26. The summed E-state index contributed by atoms with van der Waals surface area (Å²) in [6.45, 7) is 4.27. The molecule has 0 atom stereocenters. The van der Waals surface area contributed by atoms with E-state index in [9.17, 15) is 0 Å². The van der Waals surface area contributed by atoms with E-state index in [0.717, 1.165) is 0 Å². The van der Waals surface area contributed by atoms with E-state index < -0.39 is 0 Å². The highest BCUT2D eigenvalue weighted by molar-refractivity contribution is 7.19. The standard InChI is InChI=1S/C14H17NS/c1-10(2)7-13-9-11-8-12(15(3)4)5-6-14(11)16-13/h5-9H,1-4H3. The molecule has 2 aromatic rings. The van der Waals surface area contributed by atoms with Gasteiger partial charge in [0.25, 0.3) is 0 Å². The molecule has 0 saturated heterocycles. The molecule has 0 amide bonds. The fourth-order valence-electron chi connectivity index (χ4n) is 1.69. The van der Waals surface area contributed by atoms with Gasteiger partial charge in [-0.1, -0.05) is 5.57 Å². The minimum atomic E-state index is 1.26. The third kappa shape index (κ3) is 2.27. The van der Waals surface area contributed by atoms with Crippen molar-refractivity contribution in [3.63, 3.8) is 0 Å². The Hall–Kier alpha value is -1.28. The van der Waals surface area contributed by atoms with Gasteiger partial charge < -0.3 is 4.90 Å². The quantitative estimate of drug-likeness (QED) is 0.741. The van der Waals surface area contributed by atoms with Gasteiger partial charge in [-0.3, -0.25) is 0 Å². The Kier molecular flexibility index (Phi) is 3.01. The molecule has 1 aromatic heterocycles. The molecule has 1 aromatic carbocycles. The monoisotopic (exact) mass is 231 g/mol. The molecule has 0 aliphatic carbocycles. The van der Waals surface area contributed by atoms with E-state index in [1.807, 2.05) is 11.3 Å². The lowest BCUT2D eigenvalue weighted by molar-refractivity contribution is 1.14. The second-order valence-electron chi connectivity index (χ2n) is 4.49. The van der Waals surface area contributed by atoms with Crippen LogP contribution in [0.1, 0.15) is 18.7 Å². The maximum absolute atomic E-state index is 2.26. The van der Waals surface area contributed by atoms with Crippen LogP contribution in [0.3, 0.4) is 0 Å². The number of rotatable bonds is 2. The molecule has 0 unspecified atom stereocenters. The van der Waals surface area contributed by atoms with Crippen molar-refractivity contribution < 1.29 is 0 Å². The van der Waals surface area contributed by atoms with Crippen LogP contribution in [0.2, 0.25) is 0 Å². The van der Waals surface area contributed by atoms with Gasteiger partial charge >= 0.3 is 0 Å². The first-order valence-electron chi connectivity index (χ1n) is 5.42. The van der Waals surface area contributed by atoms with Crippen LogP contribution in [0.25, 0.3) is 16.2 Å². The van der Waals surface area contributed by atoms with Crippen molar-refractivity contribution >= 4 is 33.2 Å². The Bertz CT molecular complexity index is 531. The lowest BCUT2D eigenvalue weighted by atomic mass is 10.2. The summed E-state index contributed by atoms with van der Waals surface area (Å²) in [6.07, 6.45) is 2.24. The van der Waals surface area contributed by atoms with Crippen LogP contribution in [0.15, 0.2) is 29.8 Å². The zero-order valence-electron chi connectivity index (χ0n) is 10.2. The molecule has 0 aliphatic rings. The van der Waals surface area contributed by atoms with E-state index in [-0.39, 0.29) is 0 Å². The van der Waals surface area contributed by atoms with Gasteiger partial charge in [0.2, 0.25) is 0 Å². The van der Waals surface area contributed by atoms with E-state index in [2.05, 4.69) is 63.2 Å². The lowest BCUT2D eigenvalue weighted by Gasteiger charge is -2.11. The van der Waals surface area contributed by atoms with Gasteiger partial charge in [0.05, 0.1) is 0 Å². The first kappa shape index (κ1) is 11.2. The molecule has 16 heavy (non-hydrogen) atoms. The molecule has 2 heteroatoms. The van der Waals surface area contributed by atoms with Crippen LogP contribution in [0.4, 0.5) is 5.69 Å². The van der Waals surface area contributed by atoms with E-state index in [1.165, 1.54) is 26.2 Å². The van der Waals surface area contributed by atoms with E-state index >= 15 is 0 Å². The number of hydrogen-bond acceptors (Lipinski definition) is 2. The first-order valence-corrected chi connectivity index (χ1v) is 6.24. The lowest BCUT2D eigenvalue weighted by Crippen LogP contribution is -2.07. The highest BCUT2D eigenvalue weighted by Gasteiger charge is 2.02. The van der Waals surface area contributed by atoms with Crippen LogP contribution in [0.5, 0.6) is 0 Å². The van der Waals surface area contributed by atoms with Crippen molar-refractivity contribution in [1.29, 1.82) is 0 Å². The zero-order chi connectivity index (χ0) is 11.7. The summed E-state index contributed by atoms with van der Waals surface area (Å²) in [6, 6.07) is 8.89. The minimum absolute atomic E-state index is 1.26. The molecule has 0 N–H and O–H groups in total. The summed E-state index contributed by atoms with van der Waals surface area (Å²) in [4.78, 5) is 3.48. The third-order valence-corrected chi connectivity index (χ3v) is 3.53. The van der Waals surface area contributed by atoms with Gasteiger partial charge in [-0.05, 0) is 49.6 Å². The van der Waals surface area contributed by atoms with Crippen LogP contribution < -0.4 is 4.90 Å². The van der Waals surface area contributed by atoms with Gasteiger partial charge in [-0.15, -0.1) is 11.3 Å². The average Bonchev–Trinajstić information content (AvgIpc) is 2.56. The third-order valence-electron chi connectivity index (χ3n) is 2.47. The Morgan fingerprint density at radius 3 is 2.56 bits per heavy atom. The molecule has 1 heterocycles. The molecule has 0 spiro atoms. The average molecular weight is 231 g/mol. The summed E-state index contributed by atoms with van der Waals surface area (Å²) >= 11 is 1.85. The van der Waals surface area contributed by atoms with Crippen molar-refractivity contribution in [3.05, 3.63) is 34.7 Å².